The van der Waals surface area contributed by atoms with E-state index in [2.05, 4.69) is 0 Å². The molecule has 0 bridgehead atoms. The van der Waals surface area contributed by atoms with Crippen LogP contribution in [0.1, 0.15) is 13.8 Å². The average Bonchev–Trinajstić information content (AvgIpc) is 2.63. The van der Waals surface area contributed by atoms with E-state index in [0.29, 0.717) is 10.0 Å². The normalized spacial score (nSPS) is 22.3. The molecule has 0 saturated carbocycles. The second-order valence-corrected chi connectivity index (χ2v) is 11.4. The Bertz CT molecular complexity index is 968. The minimum absolute atomic E-state index is 0.0545. The number of halogens is 2. The van der Waals surface area contributed by atoms with E-state index in [1.807, 2.05) is 0 Å². The zero-order valence-corrected chi connectivity index (χ0v) is 18.4. The molecule has 1 heterocycles. The van der Waals surface area contributed by atoms with Crippen LogP contribution in [0.15, 0.2) is 58.3 Å². The van der Waals surface area contributed by atoms with Gasteiger partial charge in [-0.15, -0.1) is 0 Å². The minimum Gasteiger partial charge on any atom is -0.207 e. The smallest absolute Gasteiger partial charge is 0.207 e. The highest BCUT2D eigenvalue weighted by atomic mass is 35.5. The summed E-state index contributed by atoms with van der Waals surface area (Å²) in [6.45, 7) is 3.51. The van der Waals surface area contributed by atoms with Crippen molar-refractivity contribution in [3.8, 4) is 0 Å². The van der Waals surface area contributed by atoms with Gasteiger partial charge < -0.3 is 0 Å². The Morgan fingerprint density at radius 3 is 1.25 bits per heavy atom. The molecule has 6 nitrogen and oxygen atoms in total. The summed E-state index contributed by atoms with van der Waals surface area (Å²) in [5.74, 6) is 0. The lowest BCUT2D eigenvalue weighted by molar-refractivity contribution is 0.164. The quantitative estimate of drug-likeness (QED) is 0.696. The lowest BCUT2D eigenvalue weighted by Gasteiger charge is -2.42. The third-order valence-electron chi connectivity index (χ3n) is 4.71. The minimum atomic E-state index is -3.76. The van der Waals surface area contributed by atoms with Crippen LogP contribution in [0.4, 0.5) is 0 Å². The van der Waals surface area contributed by atoms with Gasteiger partial charge in [-0.25, -0.2) is 16.8 Å². The average molecular weight is 463 g/mol. The van der Waals surface area contributed by atoms with Crippen LogP contribution >= 0.6 is 23.2 Å². The van der Waals surface area contributed by atoms with E-state index in [1.165, 1.54) is 57.1 Å². The summed E-state index contributed by atoms with van der Waals surface area (Å²) in [7, 11) is -7.53. The molecular formula is C18H20Cl2N2O4S2. The Morgan fingerprint density at radius 2 is 0.964 bits per heavy atom. The van der Waals surface area contributed by atoms with Gasteiger partial charge in [0.1, 0.15) is 0 Å². The standard InChI is InChI=1S/C18H20Cl2N2O4S2/c1-13-11-22(28(25,26)18-9-5-16(20)6-10-18)14(2)12-21(13)27(23,24)17-7-3-15(19)4-8-17/h3-10,13-14H,11-12H2,1-2H3/t13-,14+. The highest BCUT2D eigenvalue weighted by molar-refractivity contribution is 7.89. The largest absolute Gasteiger partial charge is 0.243 e. The highest BCUT2D eigenvalue weighted by Gasteiger charge is 2.41. The molecule has 2 atom stereocenters. The van der Waals surface area contributed by atoms with Gasteiger partial charge in [-0.1, -0.05) is 23.2 Å². The van der Waals surface area contributed by atoms with E-state index < -0.39 is 32.1 Å². The molecule has 2 aromatic rings. The van der Waals surface area contributed by atoms with Gasteiger partial charge >= 0.3 is 0 Å². The summed E-state index contributed by atoms with van der Waals surface area (Å²) in [6.07, 6.45) is 0. The van der Waals surface area contributed by atoms with Crippen LogP contribution in [0, 0.1) is 0 Å². The van der Waals surface area contributed by atoms with Crippen molar-refractivity contribution in [2.45, 2.75) is 35.7 Å². The van der Waals surface area contributed by atoms with Crippen molar-refractivity contribution in [3.05, 3.63) is 58.6 Å². The first-order valence-corrected chi connectivity index (χ1v) is 12.2. The third-order valence-corrected chi connectivity index (χ3v) is 9.20. The fourth-order valence-corrected chi connectivity index (χ4v) is 6.88. The van der Waals surface area contributed by atoms with Gasteiger partial charge in [0.15, 0.2) is 0 Å². The molecule has 0 unspecified atom stereocenters. The van der Waals surface area contributed by atoms with Gasteiger partial charge in [0.05, 0.1) is 9.79 Å². The number of piperazine rings is 1. The van der Waals surface area contributed by atoms with Crippen LogP contribution < -0.4 is 0 Å². The highest BCUT2D eigenvalue weighted by Crippen LogP contribution is 2.29. The molecular weight excluding hydrogens is 443 g/mol. The summed E-state index contributed by atoms with van der Waals surface area (Å²) < 4.78 is 54.8. The van der Waals surface area contributed by atoms with E-state index in [0.717, 1.165) is 0 Å². The van der Waals surface area contributed by atoms with Crippen molar-refractivity contribution < 1.29 is 16.8 Å². The van der Waals surface area contributed by atoms with Gasteiger partial charge in [0.25, 0.3) is 0 Å². The maximum Gasteiger partial charge on any atom is 0.243 e. The molecule has 0 radical (unpaired) electrons. The van der Waals surface area contributed by atoms with Crippen molar-refractivity contribution >= 4 is 43.2 Å². The molecule has 1 aliphatic heterocycles. The number of nitrogens with zero attached hydrogens (tertiary/aromatic N) is 2. The molecule has 10 heteroatoms. The second kappa shape index (κ2) is 7.93. The van der Waals surface area contributed by atoms with Crippen molar-refractivity contribution in [3.63, 3.8) is 0 Å². The SMILES string of the molecule is C[C@@H]1CN(S(=O)(=O)c2ccc(Cl)cc2)[C@@H](C)CN1S(=O)(=O)c1ccc(Cl)cc1. The second-order valence-electron chi connectivity index (χ2n) is 6.76. The number of sulfonamides is 2. The maximum atomic E-state index is 13.0. The van der Waals surface area contributed by atoms with Gasteiger partial charge in [-0.2, -0.15) is 8.61 Å². The summed E-state index contributed by atoms with van der Waals surface area (Å²) >= 11 is 11.7. The molecule has 0 N–H and O–H groups in total. The predicted molar refractivity (Wildman–Crippen MR) is 110 cm³/mol. The molecule has 1 saturated heterocycles. The Morgan fingerprint density at radius 1 is 0.679 bits per heavy atom. The van der Waals surface area contributed by atoms with E-state index in [1.54, 1.807) is 13.8 Å². The van der Waals surface area contributed by atoms with E-state index in [4.69, 9.17) is 23.2 Å². The van der Waals surface area contributed by atoms with Crippen molar-refractivity contribution in [2.24, 2.45) is 0 Å². The first-order valence-electron chi connectivity index (χ1n) is 8.58. The Kier molecular flexibility index (Phi) is 6.10. The number of benzene rings is 2. The zero-order chi connectivity index (χ0) is 20.7. The number of hydrogen-bond donors (Lipinski definition) is 0. The lowest BCUT2D eigenvalue weighted by Crippen LogP contribution is -2.59. The monoisotopic (exact) mass is 462 g/mol. The Hall–Kier alpha value is -1.16. The summed E-state index contributed by atoms with van der Waals surface area (Å²) in [6, 6.07) is 10.8. The predicted octanol–water partition coefficient (Wildman–Crippen LogP) is 3.47. The topological polar surface area (TPSA) is 74.8 Å². The molecule has 0 amide bonds. The maximum absolute atomic E-state index is 13.0. The molecule has 1 fully saturated rings. The van der Waals surface area contributed by atoms with Crippen molar-refractivity contribution in [1.29, 1.82) is 0 Å². The van der Waals surface area contributed by atoms with Gasteiger partial charge in [0, 0.05) is 35.2 Å². The van der Waals surface area contributed by atoms with E-state index >= 15 is 0 Å². The molecule has 3 rings (SSSR count). The van der Waals surface area contributed by atoms with Crippen LogP contribution in [-0.2, 0) is 20.0 Å². The molecule has 0 spiro atoms. The molecule has 152 valence electrons. The van der Waals surface area contributed by atoms with Crippen LogP contribution in [0.3, 0.4) is 0 Å². The first-order chi connectivity index (χ1) is 13.0. The van der Waals surface area contributed by atoms with Crippen LogP contribution in [0.2, 0.25) is 10.0 Å². The van der Waals surface area contributed by atoms with Gasteiger partial charge in [-0.05, 0) is 62.4 Å². The number of hydrogen-bond acceptors (Lipinski definition) is 4. The molecule has 0 aliphatic carbocycles. The third kappa shape index (κ3) is 4.08. The fraction of sp³-hybridized carbons (Fsp3) is 0.333. The van der Waals surface area contributed by atoms with Gasteiger partial charge in [-0.3, -0.25) is 0 Å². The summed E-state index contributed by atoms with van der Waals surface area (Å²) in [5.41, 5.74) is 0. The first kappa shape index (κ1) is 21.5. The molecule has 28 heavy (non-hydrogen) atoms. The summed E-state index contributed by atoms with van der Waals surface area (Å²) in [5, 5.41) is 0.887. The zero-order valence-electron chi connectivity index (χ0n) is 15.3. The molecule has 2 aromatic carbocycles. The van der Waals surface area contributed by atoms with Crippen LogP contribution in [-0.4, -0.2) is 50.6 Å². The molecule has 0 aromatic heterocycles. The Balaban J connectivity index is 1.88. The fourth-order valence-electron chi connectivity index (χ4n) is 3.22. The van der Waals surface area contributed by atoms with Crippen molar-refractivity contribution in [2.75, 3.05) is 13.1 Å². The van der Waals surface area contributed by atoms with Gasteiger partial charge in [0.2, 0.25) is 20.0 Å². The Labute approximate surface area is 175 Å². The van der Waals surface area contributed by atoms with E-state index in [9.17, 15) is 16.8 Å². The van der Waals surface area contributed by atoms with E-state index in [-0.39, 0.29) is 22.9 Å². The number of rotatable bonds is 4. The van der Waals surface area contributed by atoms with Crippen LogP contribution in [0.25, 0.3) is 0 Å². The van der Waals surface area contributed by atoms with Crippen LogP contribution in [0.5, 0.6) is 0 Å². The molecule has 1 aliphatic rings. The lowest BCUT2D eigenvalue weighted by atomic mass is 10.2. The summed E-state index contributed by atoms with van der Waals surface area (Å²) in [4.78, 5) is 0.259. The van der Waals surface area contributed by atoms with Crippen molar-refractivity contribution in [1.82, 2.24) is 8.61 Å².